The topological polar surface area (TPSA) is 55.8 Å². The highest BCUT2D eigenvalue weighted by atomic mass is 32.2. The van der Waals surface area contributed by atoms with E-state index in [1.165, 1.54) is 0 Å². The van der Waals surface area contributed by atoms with Crippen molar-refractivity contribution in [2.24, 2.45) is 0 Å². The van der Waals surface area contributed by atoms with Gasteiger partial charge in [0.15, 0.2) is 11.5 Å². The van der Waals surface area contributed by atoms with Gasteiger partial charge in [0.1, 0.15) is 5.54 Å². The van der Waals surface area contributed by atoms with Crippen molar-refractivity contribution in [1.82, 2.24) is 0 Å². The highest BCUT2D eigenvalue weighted by Crippen LogP contribution is 2.54. The first-order valence-corrected chi connectivity index (χ1v) is 15.9. The molecule has 5 nitrogen and oxygen atoms in total. The van der Waals surface area contributed by atoms with E-state index >= 15 is 8.42 Å². The second-order valence-corrected chi connectivity index (χ2v) is 13.0. The fourth-order valence-electron chi connectivity index (χ4n) is 5.96. The zero-order chi connectivity index (χ0) is 31.1. The Morgan fingerprint density at radius 3 is 1.59 bits per heavy atom. The summed E-state index contributed by atoms with van der Waals surface area (Å²) in [5.74, 6) is 0.949. The number of benzene rings is 5. The lowest BCUT2D eigenvalue weighted by Crippen LogP contribution is -2.51. The summed E-state index contributed by atoms with van der Waals surface area (Å²) >= 11 is 0. The van der Waals surface area contributed by atoms with Crippen LogP contribution in [0.2, 0.25) is 0 Å². The average molecular weight is 602 g/mol. The number of hydrogen-bond acceptors (Lipinski definition) is 4. The van der Waals surface area contributed by atoms with Crippen LogP contribution in [0.1, 0.15) is 38.9 Å². The molecule has 0 aliphatic carbocycles. The van der Waals surface area contributed by atoms with Crippen LogP contribution in [0.3, 0.4) is 0 Å². The summed E-state index contributed by atoms with van der Waals surface area (Å²) in [6, 6.07) is 36.9. The normalized spacial score (nSPS) is 14.0. The van der Waals surface area contributed by atoms with Crippen molar-refractivity contribution in [1.29, 1.82) is 0 Å². The molecule has 0 atom stereocenters. The number of methoxy groups -OCH3 is 2. The molecule has 0 spiro atoms. The number of hydrogen-bond donors (Lipinski definition) is 0. The molecular formula is C38H35NO4S. The van der Waals surface area contributed by atoms with E-state index in [4.69, 9.17) is 9.47 Å². The minimum Gasteiger partial charge on any atom is -0.493 e. The van der Waals surface area contributed by atoms with Gasteiger partial charge in [0.2, 0.25) is 0 Å². The zero-order valence-electron chi connectivity index (χ0n) is 25.5. The van der Waals surface area contributed by atoms with E-state index in [-0.39, 0.29) is 4.90 Å². The van der Waals surface area contributed by atoms with Crippen molar-refractivity contribution in [3.8, 4) is 11.5 Å². The van der Waals surface area contributed by atoms with Crippen LogP contribution in [0, 0.1) is 20.8 Å². The maximum Gasteiger partial charge on any atom is 0.265 e. The van der Waals surface area contributed by atoms with E-state index in [0.29, 0.717) is 17.2 Å². The quantitative estimate of drug-likeness (QED) is 0.189. The third-order valence-corrected chi connectivity index (χ3v) is 10.1. The van der Waals surface area contributed by atoms with Gasteiger partial charge < -0.3 is 9.47 Å². The Balaban J connectivity index is 1.82. The third kappa shape index (κ3) is 4.85. The molecule has 1 heterocycles. The summed E-state index contributed by atoms with van der Waals surface area (Å²) < 4.78 is 43.4. The molecule has 44 heavy (non-hydrogen) atoms. The Morgan fingerprint density at radius 2 is 1.09 bits per heavy atom. The molecule has 5 aromatic rings. The number of aryl methyl sites for hydroxylation is 3. The van der Waals surface area contributed by atoms with E-state index in [2.05, 4.69) is 6.08 Å². The first-order valence-electron chi connectivity index (χ1n) is 14.5. The van der Waals surface area contributed by atoms with Gasteiger partial charge >= 0.3 is 0 Å². The Kier molecular flexibility index (Phi) is 7.56. The second kappa shape index (κ2) is 11.4. The second-order valence-electron chi connectivity index (χ2n) is 11.2. The maximum atomic E-state index is 15.2. The van der Waals surface area contributed by atoms with Crippen molar-refractivity contribution in [3.05, 3.63) is 160 Å². The van der Waals surface area contributed by atoms with Gasteiger partial charge in [-0.25, -0.2) is 12.7 Å². The summed E-state index contributed by atoms with van der Waals surface area (Å²) in [6.07, 6.45) is 2.09. The summed E-state index contributed by atoms with van der Waals surface area (Å²) in [7, 11) is -1.03. The van der Waals surface area contributed by atoms with Crippen molar-refractivity contribution in [2.45, 2.75) is 31.2 Å². The van der Waals surface area contributed by atoms with Gasteiger partial charge in [0.05, 0.1) is 24.8 Å². The van der Waals surface area contributed by atoms with E-state index in [1.54, 1.807) is 36.7 Å². The van der Waals surface area contributed by atoms with Gasteiger partial charge in [0.25, 0.3) is 10.0 Å². The predicted octanol–water partition coefficient (Wildman–Crippen LogP) is 8.21. The first-order chi connectivity index (χ1) is 21.2. The lowest BCUT2D eigenvalue weighted by atomic mass is 9.76. The molecule has 0 amide bonds. The molecule has 0 N–H and O–H groups in total. The lowest BCUT2D eigenvalue weighted by molar-refractivity contribution is 0.355. The largest absolute Gasteiger partial charge is 0.493 e. The standard InChI is InChI=1S/C38H35NO4S/c1-26-11-17-30(18-12-26)38(31-19-13-27(2)14-20-31)25-34(29-9-7-6-8-10-29)33-23-36(42-4)37(43-5)24-35(33)39(38)44(40,41)32-21-15-28(3)16-22-32/h6-25H,1-5H3. The van der Waals surface area contributed by atoms with Gasteiger partial charge in [-0.3, -0.25) is 0 Å². The SMILES string of the molecule is COc1cc2c(cc1OC)N(S(=O)(=O)c1ccc(C)cc1)C(c1ccc(C)cc1)(c1ccc(C)cc1)C=C2c1ccccc1. The maximum absolute atomic E-state index is 15.2. The molecule has 0 aromatic heterocycles. The molecule has 1 aliphatic heterocycles. The first kappa shape index (κ1) is 29.3. The van der Waals surface area contributed by atoms with Gasteiger partial charge in [-0.1, -0.05) is 108 Å². The van der Waals surface area contributed by atoms with Crippen LogP contribution >= 0.6 is 0 Å². The zero-order valence-corrected chi connectivity index (χ0v) is 26.4. The molecule has 5 aromatic carbocycles. The molecule has 222 valence electrons. The van der Waals surface area contributed by atoms with Crippen LogP contribution < -0.4 is 13.8 Å². The molecular weight excluding hydrogens is 566 g/mol. The highest BCUT2D eigenvalue weighted by Gasteiger charge is 2.50. The Labute approximate surface area is 260 Å². The number of anilines is 1. The fraction of sp³-hybridized carbons (Fsp3) is 0.158. The molecule has 6 heteroatoms. The lowest BCUT2D eigenvalue weighted by Gasteiger charge is -2.47. The average Bonchev–Trinajstić information content (AvgIpc) is 3.04. The molecule has 0 fully saturated rings. The van der Waals surface area contributed by atoms with Crippen molar-refractivity contribution >= 4 is 21.3 Å². The van der Waals surface area contributed by atoms with Gasteiger partial charge in [0, 0.05) is 11.6 Å². The number of sulfonamides is 1. The van der Waals surface area contributed by atoms with Gasteiger partial charge in [-0.2, -0.15) is 0 Å². The molecule has 1 aliphatic rings. The van der Waals surface area contributed by atoms with Gasteiger partial charge in [-0.15, -0.1) is 0 Å². The van der Waals surface area contributed by atoms with E-state index in [1.807, 2.05) is 118 Å². The van der Waals surface area contributed by atoms with Crippen LogP contribution in [0.25, 0.3) is 5.57 Å². The van der Waals surface area contributed by atoms with Crippen LogP contribution in [-0.2, 0) is 15.6 Å². The van der Waals surface area contributed by atoms with E-state index in [9.17, 15) is 0 Å². The minimum atomic E-state index is -4.17. The summed E-state index contributed by atoms with van der Waals surface area (Å²) in [5.41, 5.74) is 6.56. The number of rotatable bonds is 7. The van der Waals surface area contributed by atoms with Crippen molar-refractivity contribution in [3.63, 3.8) is 0 Å². The number of fused-ring (bicyclic) bond motifs is 1. The summed E-state index contributed by atoms with van der Waals surface area (Å²) in [5, 5.41) is 0. The van der Waals surface area contributed by atoms with Crippen molar-refractivity contribution in [2.75, 3.05) is 18.5 Å². The molecule has 0 radical (unpaired) electrons. The molecule has 0 saturated carbocycles. The van der Waals surface area contributed by atoms with E-state index in [0.717, 1.165) is 44.5 Å². The molecule has 6 rings (SSSR count). The Bertz CT molecular complexity index is 1900. The predicted molar refractivity (Wildman–Crippen MR) is 177 cm³/mol. The Hall–Kier alpha value is -4.81. The molecule has 0 bridgehead atoms. The molecule has 0 saturated heterocycles. The van der Waals surface area contributed by atoms with Gasteiger partial charge in [-0.05, 0) is 67.3 Å². The molecule has 0 unspecified atom stereocenters. The fourth-order valence-corrected chi connectivity index (χ4v) is 7.71. The summed E-state index contributed by atoms with van der Waals surface area (Å²) in [6.45, 7) is 6.00. The van der Waals surface area contributed by atoms with Crippen LogP contribution in [0.4, 0.5) is 5.69 Å². The van der Waals surface area contributed by atoms with Crippen LogP contribution in [0.5, 0.6) is 11.5 Å². The number of nitrogens with zero attached hydrogens (tertiary/aromatic N) is 1. The Morgan fingerprint density at radius 1 is 0.614 bits per heavy atom. The highest BCUT2D eigenvalue weighted by molar-refractivity contribution is 7.93. The number of ether oxygens (including phenoxy) is 2. The summed E-state index contributed by atoms with van der Waals surface area (Å²) in [4.78, 5) is 0.198. The van der Waals surface area contributed by atoms with E-state index < -0.39 is 15.6 Å². The van der Waals surface area contributed by atoms with Crippen molar-refractivity contribution < 1.29 is 17.9 Å². The smallest absolute Gasteiger partial charge is 0.265 e. The minimum absolute atomic E-state index is 0.198. The van der Waals surface area contributed by atoms with Crippen LogP contribution in [0.15, 0.2) is 126 Å². The monoisotopic (exact) mass is 601 g/mol. The third-order valence-electron chi connectivity index (χ3n) is 8.31. The van der Waals surface area contributed by atoms with Crippen LogP contribution in [-0.4, -0.2) is 22.6 Å².